The molecule has 0 N–H and O–H groups in total. The topological polar surface area (TPSA) is 313 Å². The monoisotopic (exact) mass is 1810 g/mol. The lowest BCUT2D eigenvalue weighted by Gasteiger charge is -2.22. The van der Waals surface area contributed by atoms with Crippen molar-refractivity contribution in [1.82, 2.24) is 0 Å². The molecule has 632 valence electrons. The predicted molar refractivity (Wildman–Crippen MR) is 463 cm³/mol. The zero-order chi connectivity index (χ0) is 86.3. The molecule has 0 bridgehead atoms. The molecule has 35 heteroatoms. The van der Waals surface area contributed by atoms with Crippen molar-refractivity contribution in [3.8, 4) is 121 Å². The van der Waals surface area contributed by atoms with Gasteiger partial charge in [0.2, 0.25) is 0 Å². The van der Waals surface area contributed by atoms with Crippen LogP contribution in [0.25, 0.3) is 0 Å². The van der Waals surface area contributed by atoms with Crippen LogP contribution in [0.3, 0.4) is 0 Å². The lowest BCUT2D eigenvalue weighted by molar-refractivity contribution is 0.289. The Morgan fingerprint density at radius 3 is 0.256 bits per heavy atom. The molecule has 15 rings (SSSR count). The van der Waals surface area contributed by atoms with E-state index in [1.807, 2.05) is 0 Å². The van der Waals surface area contributed by atoms with E-state index in [0.29, 0.717) is 0 Å². The third kappa shape index (κ3) is 25.7. The SMILES string of the molecule is O=P(Oc1ccccc1)(Oc1ccccc1)Oc1cccc(OP(=O)(Oc2ccccc2)Oc2cccc(OP(=O)(Oc3ccccc3)Oc3cccc(OP(=O)(Oc4ccccc4)Oc4cccc(OP(=O)(Oc5ccccc5)Oc5cccc(OP(=O)(Oc6ccccc6)Oc6cccc(OP(=O)(Oc7ccccc7)Oc7ccccc7)c6)c5)c4)c3)c2)c1. The van der Waals surface area contributed by atoms with Crippen molar-refractivity contribution in [2.75, 3.05) is 0 Å². The minimum Gasteiger partial charge on any atom is -0.386 e. The van der Waals surface area contributed by atoms with Crippen molar-refractivity contribution in [2.45, 2.75) is 0 Å². The van der Waals surface area contributed by atoms with Crippen LogP contribution < -0.4 is 95.0 Å². The van der Waals surface area contributed by atoms with Gasteiger partial charge < -0.3 is 95.0 Å². The van der Waals surface area contributed by atoms with Crippen LogP contribution in [0.5, 0.6) is 121 Å². The molecular formula is C90H69O28P7. The Kier molecular flexibility index (Phi) is 27.2. The summed E-state index contributed by atoms with van der Waals surface area (Å²) in [6, 6.07) is 105. The predicted octanol–water partition coefficient (Wildman–Crippen LogP) is 27.2. The van der Waals surface area contributed by atoms with Crippen LogP contribution in [0.2, 0.25) is 0 Å². The lowest BCUT2D eigenvalue weighted by atomic mass is 10.3. The first-order valence-electron chi connectivity index (χ1n) is 37.5. The average molecular weight is 1820 g/mol. The third-order valence-electron chi connectivity index (χ3n) is 16.1. The molecule has 15 aromatic rings. The minimum absolute atomic E-state index is 0.0139. The van der Waals surface area contributed by atoms with Gasteiger partial charge in [-0.2, -0.15) is 32.0 Å². The highest BCUT2D eigenvalue weighted by molar-refractivity contribution is 7.51. The molecule has 0 amide bonds. The van der Waals surface area contributed by atoms with Crippen molar-refractivity contribution in [2.24, 2.45) is 0 Å². The molecule has 0 saturated heterocycles. The van der Waals surface area contributed by atoms with Gasteiger partial charge in [-0.15, -0.1) is 0 Å². The number of phosphoric acid groups is 7. The summed E-state index contributed by atoms with van der Waals surface area (Å²) in [4.78, 5) is 0. The van der Waals surface area contributed by atoms with Gasteiger partial charge in [0.25, 0.3) is 0 Å². The summed E-state index contributed by atoms with van der Waals surface area (Å²) in [6.45, 7) is 0. The molecule has 0 aliphatic heterocycles. The van der Waals surface area contributed by atoms with Gasteiger partial charge in [-0.05, 0) is 182 Å². The van der Waals surface area contributed by atoms with Gasteiger partial charge in [-0.25, -0.2) is 0 Å². The second-order valence-corrected chi connectivity index (χ2v) is 35.8. The van der Waals surface area contributed by atoms with Gasteiger partial charge in [-0.3, -0.25) is 0 Å². The molecule has 15 aromatic carbocycles. The van der Waals surface area contributed by atoms with E-state index in [9.17, 15) is 9.13 Å². The Morgan fingerprint density at radius 2 is 0.168 bits per heavy atom. The molecule has 0 radical (unpaired) electrons. The highest BCUT2D eigenvalue weighted by Crippen LogP contribution is 2.60. The fourth-order valence-electron chi connectivity index (χ4n) is 11.0. The number of hydrogen-bond acceptors (Lipinski definition) is 28. The summed E-state index contributed by atoms with van der Waals surface area (Å²) in [5.74, 6) is -1.50. The number of para-hydroxylation sites is 9. The Labute approximate surface area is 716 Å². The van der Waals surface area contributed by atoms with Crippen molar-refractivity contribution < 1.29 is 127 Å². The van der Waals surface area contributed by atoms with Gasteiger partial charge in [0.15, 0.2) is 0 Å². The van der Waals surface area contributed by atoms with Gasteiger partial charge in [0.1, 0.15) is 121 Å². The van der Waals surface area contributed by atoms with Crippen LogP contribution in [0, 0.1) is 0 Å². The molecule has 28 nitrogen and oxygen atoms in total. The Morgan fingerprint density at radius 1 is 0.0960 bits per heavy atom. The second kappa shape index (κ2) is 39.7. The van der Waals surface area contributed by atoms with E-state index in [2.05, 4.69) is 0 Å². The Bertz CT molecular complexity index is 5970. The van der Waals surface area contributed by atoms with Crippen molar-refractivity contribution in [3.05, 3.63) is 419 Å². The van der Waals surface area contributed by atoms with Gasteiger partial charge in [-0.1, -0.05) is 200 Å². The molecule has 0 heterocycles. The van der Waals surface area contributed by atoms with E-state index in [1.54, 1.807) is 212 Å². The zero-order valence-electron chi connectivity index (χ0n) is 64.9. The molecule has 0 spiro atoms. The fraction of sp³-hybridized carbons (Fsp3) is 0. The summed E-state index contributed by atoms with van der Waals surface area (Å²) in [5.41, 5.74) is 0. The summed E-state index contributed by atoms with van der Waals surface area (Å²) < 4.78 is 231. The summed E-state index contributed by atoms with van der Waals surface area (Å²) in [6.07, 6.45) is 0. The van der Waals surface area contributed by atoms with Crippen LogP contribution in [0.15, 0.2) is 419 Å². The van der Waals surface area contributed by atoms with Gasteiger partial charge in [0.05, 0.1) is 0 Å². The maximum Gasteiger partial charge on any atom is 0.647 e. The number of benzene rings is 15. The van der Waals surface area contributed by atoms with E-state index in [0.717, 1.165) is 0 Å². The standard InChI is InChI=1S/C90H69O28P7/c91-119(98-70-34-10-1-11-35-70,99-71-36-12-2-13-37-71)107-79-52-28-54-81(64-79)109-121(93,102-74-42-18-5-19-43-74)111-83-56-30-58-85(66-83)113-123(95,104-76-46-22-7-23-47-76)115-87-60-32-62-89(68-87)117-125(97,106-78-50-26-9-27-51-78)118-90-63-33-61-88(69-90)116-124(96,105-77-48-24-8-25-49-77)114-86-59-31-57-84(67-86)112-122(94,103-75-44-20-6-21-45-75)110-82-55-29-53-80(65-82)108-120(92,100-72-38-14-3-15-39-72)101-73-40-16-4-17-41-73/h1-69H. The van der Waals surface area contributed by atoms with Crippen LogP contribution in [0.1, 0.15) is 0 Å². The minimum atomic E-state index is -5.00. The molecule has 4 unspecified atom stereocenters. The van der Waals surface area contributed by atoms with Crippen LogP contribution >= 0.6 is 54.8 Å². The van der Waals surface area contributed by atoms with Crippen LogP contribution in [0.4, 0.5) is 0 Å². The highest BCUT2D eigenvalue weighted by atomic mass is 31.2. The van der Waals surface area contributed by atoms with Crippen molar-refractivity contribution in [1.29, 1.82) is 0 Å². The maximum absolute atomic E-state index is 15.4. The molecule has 0 aliphatic rings. The van der Waals surface area contributed by atoms with Gasteiger partial charge >= 0.3 is 54.8 Å². The van der Waals surface area contributed by atoms with Crippen LogP contribution in [-0.4, -0.2) is 0 Å². The molecule has 125 heavy (non-hydrogen) atoms. The van der Waals surface area contributed by atoms with Gasteiger partial charge in [0, 0.05) is 36.4 Å². The molecule has 0 aliphatic carbocycles. The third-order valence-corrected chi connectivity index (χ3v) is 25.2. The van der Waals surface area contributed by atoms with E-state index in [1.165, 1.54) is 206 Å². The summed E-state index contributed by atoms with van der Waals surface area (Å²) in [7, 11) is -33.7. The molecule has 0 aromatic heterocycles. The molecule has 0 saturated carbocycles. The van der Waals surface area contributed by atoms with Crippen molar-refractivity contribution >= 4 is 54.8 Å². The average Bonchev–Trinajstić information content (AvgIpc) is 0.872. The van der Waals surface area contributed by atoms with Crippen molar-refractivity contribution in [3.63, 3.8) is 0 Å². The summed E-state index contributed by atoms with van der Waals surface area (Å²) >= 11 is 0. The Balaban J connectivity index is 0.658. The second-order valence-electron chi connectivity index (χ2n) is 25.7. The largest absolute Gasteiger partial charge is 0.647 e. The summed E-state index contributed by atoms with van der Waals surface area (Å²) in [5, 5.41) is 0. The first-order chi connectivity index (χ1) is 60.6. The molecular weight excluding hydrogens is 1750 g/mol. The lowest BCUT2D eigenvalue weighted by Crippen LogP contribution is -2.10. The zero-order valence-corrected chi connectivity index (χ0v) is 71.2. The Hall–Kier alpha value is -14.3. The normalized spacial score (nSPS) is 13.5. The molecule has 4 atom stereocenters. The van der Waals surface area contributed by atoms with Crippen LogP contribution in [-0.2, 0) is 32.0 Å². The van der Waals surface area contributed by atoms with E-state index >= 15 is 22.8 Å². The first kappa shape index (κ1) is 85.7. The molecule has 0 fully saturated rings. The number of phosphoric ester groups is 7. The maximum atomic E-state index is 15.4. The first-order valence-corrected chi connectivity index (χ1v) is 47.7. The quantitative estimate of drug-likeness (QED) is 0.0321. The number of hydrogen-bond donors (Lipinski definition) is 0. The highest BCUT2D eigenvalue weighted by Gasteiger charge is 2.42. The van der Waals surface area contributed by atoms with E-state index < -0.39 is 54.8 Å². The number of rotatable bonds is 42. The van der Waals surface area contributed by atoms with E-state index in [4.69, 9.17) is 95.0 Å². The smallest absolute Gasteiger partial charge is 0.386 e. The fourth-order valence-corrected chi connectivity index (χ4v) is 19.6. The van der Waals surface area contributed by atoms with E-state index in [-0.39, 0.29) is 121 Å².